The summed E-state index contributed by atoms with van der Waals surface area (Å²) in [5, 5.41) is 19.1. The van der Waals surface area contributed by atoms with Crippen molar-refractivity contribution in [1.82, 2.24) is 4.90 Å². The third kappa shape index (κ3) is 2.28. The van der Waals surface area contributed by atoms with E-state index in [-0.39, 0.29) is 31.5 Å². The topological polar surface area (TPSA) is 60.8 Å². The molecule has 0 unspecified atom stereocenters. The number of rotatable bonds is 1. The molecule has 1 aliphatic rings. The minimum Gasteiger partial charge on any atom is -0.465 e. The minimum atomic E-state index is -1.29. The largest absolute Gasteiger partial charge is 0.465 e. The Morgan fingerprint density at radius 3 is 2.33 bits per heavy atom. The molecule has 0 aliphatic carbocycles. The van der Waals surface area contributed by atoms with Gasteiger partial charge in [0.1, 0.15) is 0 Å². The number of hydrogen-bond donors (Lipinski definition) is 2. The molecule has 2 rings (SSSR count). The predicted molar refractivity (Wildman–Crippen MR) is 59.1 cm³/mol. The van der Waals surface area contributed by atoms with E-state index in [0.717, 1.165) is 12.1 Å². The molecule has 0 saturated carbocycles. The summed E-state index contributed by atoms with van der Waals surface area (Å²) in [5.41, 5.74) is -1.01. The minimum absolute atomic E-state index is 0.171. The molecule has 4 nitrogen and oxygen atoms in total. The number of nitrogens with zero attached hydrogens (tertiary/aromatic N) is 1. The van der Waals surface area contributed by atoms with Crippen molar-refractivity contribution in [2.24, 2.45) is 0 Å². The van der Waals surface area contributed by atoms with Crippen LogP contribution in [-0.2, 0) is 5.60 Å². The highest BCUT2D eigenvalue weighted by Gasteiger charge is 2.35. The van der Waals surface area contributed by atoms with Crippen LogP contribution < -0.4 is 0 Å². The van der Waals surface area contributed by atoms with Crippen LogP contribution in [0.4, 0.5) is 13.6 Å². The summed E-state index contributed by atoms with van der Waals surface area (Å²) in [7, 11) is 0. The van der Waals surface area contributed by atoms with Gasteiger partial charge in [-0.25, -0.2) is 13.6 Å². The number of benzene rings is 1. The lowest BCUT2D eigenvalue weighted by atomic mass is 9.84. The van der Waals surface area contributed by atoms with E-state index in [9.17, 15) is 18.7 Å². The van der Waals surface area contributed by atoms with Crippen LogP contribution in [0.2, 0.25) is 0 Å². The zero-order chi connectivity index (χ0) is 13.3. The van der Waals surface area contributed by atoms with E-state index in [0.29, 0.717) is 0 Å². The van der Waals surface area contributed by atoms with Crippen LogP contribution in [-0.4, -0.2) is 34.3 Å². The van der Waals surface area contributed by atoms with Crippen molar-refractivity contribution in [2.75, 3.05) is 13.1 Å². The van der Waals surface area contributed by atoms with Crippen molar-refractivity contribution in [2.45, 2.75) is 18.4 Å². The van der Waals surface area contributed by atoms with Gasteiger partial charge < -0.3 is 15.1 Å². The molecule has 98 valence electrons. The van der Waals surface area contributed by atoms with Gasteiger partial charge in [0.05, 0.1) is 5.60 Å². The first-order valence-corrected chi connectivity index (χ1v) is 5.58. The number of halogens is 2. The van der Waals surface area contributed by atoms with E-state index in [1.807, 2.05) is 0 Å². The van der Waals surface area contributed by atoms with Gasteiger partial charge >= 0.3 is 6.09 Å². The maximum atomic E-state index is 13.1. The van der Waals surface area contributed by atoms with Crippen molar-refractivity contribution in [3.8, 4) is 0 Å². The second kappa shape index (κ2) is 4.53. The molecule has 1 saturated heterocycles. The average Bonchev–Trinajstić information content (AvgIpc) is 2.33. The standard InChI is InChI=1S/C12H13F2NO3/c13-9-2-1-8(7-10(9)14)12(18)3-5-15(6-4-12)11(16)17/h1-2,7,18H,3-6H2,(H,16,17). The van der Waals surface area contributed by atoms with E-state index in [2.05, 4.69) is 0 Å². The second-order valence-electron chi connectivity index (χ2n) is 4.43. The first kappa shape index (κ1) is 12.8. The van der Waals surface area contributed by atoms with Gasteiger partial charge in [0.25, 0.3) is 0 Å². The molecule has 1 aromatic carbocycles. The molecule has 0 radical (unpaired) electrons. The van der Waals surface area contributed by atoms with Crippen molar-refractivity contribution in [3.05, 3.63) is 35.4 Å². The summed E-state index contributed by atoms with van der Waals surface area (Å²) in [6, 6.07) is 3.26. The Balaban J connectivity index is 2.18. The highest BCUT2D eigenvalue weighted by atomic mass is 19.2. The monoisotopic (exact) mass is 257 g/mol. The van der Waals surface area contributed by atoms with Crippen LogP contribution in [0.3, 0.4) is 0 Å². The van der Waals surface area contributed by atoms with Crippen LogP contribution in [0.5, 0.6) is 0 Å². The van der Waals surface area contributed by atoms with Crippen LogP contribution >= 0.6 is 0 Å². The van der Waals surface area contributed by atoms with Crippen molar-refractivity contribution in [1.29, 1.82) is 0 Å². The molecule has 1 aromatic rings. The number of hydrogen-bond acceptors (Lipinski definition) is 2. The third-order valence-electron chi connectivity index (χ3n) is 3.32. The number of amides is 1. The van der Waals surface area contributed by atoms with Gasteiger partial charge in [0.2, 0.25) is 0 Å². The molecule has 0 atom stereocenters. The van der Waals surface area contributed by atoms with Crippen LogP contribution in [0.1, 0.15) is 18.4 Å². The molecule has 6 heteroatoms. The fourth-order valence-corrected chi connectivity index (χ4v) is 2.14. The zero-order valence-corrected chi connectivity index (χ0v) is 9.57. The Bertz CT molecular complexity index is 470. The van der Waals surface area contributed by atoms with Crippen LogP contribution in [0.25, 0.3) is 0 Å². The van der Waals surface area contributed by atoms with Gasteiger partial charge in [-0.05, 0) is 30.5 Å². The van der Waals surface area contributed by atoms with Gasteiger partial charge in [-0.1, -0.05) is 6.07 Å². The summed E-state index contributed by atoms with van der Waals surface area (Å²) in [4.78, 5) is 11.9. The Labute approximate surface area is 102 Å². The van der Waals surface area contributed by atoms with E-state index >= 15 is 0 Å². The Kier molecular flexibility index (Phi) is 3.21. The first-order valence-electron chi connectivity index (χ1n) is 5.58. The van der Waals surface area contributed by atoms with Crippen molar-refractivity contribution >= 4 is 6.09 Å². The van der Waals surface area contributed by atoms with E-state index in [1.165, 1.54) is 11.0 Å². The summed E-state index contributed by atoms with van der Waals surface area (Å²) in [6.45, 7) is 0.343. The van der Waals surface area contributed by atoms with Gasteiger partial charge in [-0.2, -0.15) is 0 Å². The normalized spacial score (nSPS) is 18.7. The molecular formula is C12H13F2NO3. The number of carboxylic acid groups (broad SMARTS) is 1. The average molecular weight is 257 g/mol. The predicted octanol–water partition coefficient (Wildman–Crippen LogP) is 1.93. The number of carbonyl (C=O) groups is 1. The van der Waals surface area contributed by atoms with Gasteiger partial charge in [0.15, 0.2) is 11.6 Å². The SMILES string of the molecule is O=C(O)N1CCC(O)(c2ccc(F)c(F)c2)CC1. The Hall–Kier alpha value is -1.69. The van der Waals surface area contributed by atoms with Crippen molar-refractivity contribution in [3.63, 3.8) is 0 Å². The fourth-order valence-electron chi connectivity index (χ4n) is 2.14. The summed E-state index contributed by atoms with van der Waals surface area (Å²) in [6.07, 6.45) is -0.697. The smallest absolute Gasteiger partial charge is 0.407 e. The summed E-state index contributed by atoms with van der Waals surface area (Å²) in [5.74, 6) is -1.98. The molecule has 1 fully saturated rings. The van der Waals surface area contributed by atoms with Gasteiger partial charge in [0, 0.05) is 13.1 Å². The van der Waals surface area contributed by atoms with Crippen LogP contribution in [0, 0.1) is 11.6 Å². The zero-order valence-electron chi connectivity index (χ0n) is 9.57. The molecule has 18 heavy (non-hydrogen) atoms. The molecule has 2 N–H and O–H groups in total. The molecule has 0 spiro atoms. The lowest BCUT2D eigenvalue weighted by Crippen LogP contribution is -2.44. The third-order valence-corrected chi connectivity index (χ3v) is 3.32. The molecular weight excluding hydrogens is 244 g/mol. The maximum absolute atomic E-state index is 13.1. The molecule has 1 heterocycles. The van der Waals surface area contributed by atoms with Gasteiger partial charge in [-0.15, -0.1) is 0 Å². The summed E-state index contributed by atoms with van der Waals surface area (Å²) < 4.78 is 25.9. The number of aliphatic hydroxyl groups is 1. The quantitative estimate of drug-likeness (QED) is 0.808. The van der Waals surface area contributed by atoms with E-state index in [1.54, 1.807) is 0 Å². The Morgan fingerprint density at radius 1 is 1.22 bits per heavy atom. The highest BCUT2D eigenvalue weighted by molar-refractivity contribution is 5.65. The lowest BCUT2D eigenvalue weighted by molar-refractivity contribution is -0.0216. The molecule has 1 amide bonds. The van der Waals surface area contributed by atoms with E-state index < -0.39 is 23.3 Å². The van der Waals surface area contributed by atoms with Crippen LogP contribution in [0.15, 0.2) is 18.2 Å². The molecule has 0 bridgehead atoms. The number of likely N-dealkylation sites (tertiary alicyclic amines) is 1. The lowest BCUT2D eigenvalue weighted by Gasteiger charge is -2.37. The van der Waals surface area contributed by atoms with E-state index in [4.69, 9.17) is 5.11 Å². The Morgan fingerprint density at radius 2 is 1.83 bits per heavy atom. The second-order valence-corrected chi connectivity index (χ2v) is 4.43. The molecule has 1 aliphatic heterocycles. The highest BCUT2D eigenvalue weighted by Crippen LogP contribution is 2.33. The number of piperidine rings is 1. The van der Waals surface area contributed by atoms with Gasteiger partial charge in [-0.3, -0.25) is 0 Å². The maximum Gasteiger partial charge on any atom is 0.407 e. The molecule has 0 aromatic heterocycles. The van der Waals surface area contributed by atoms with Crippen molar-refractivity contribution < 1.29 is 23.8 Å². The summed E-state index contributed by atoms with van der Waals surface area (Å²) >= 11 is 0. The fraction of sp³-hybridized carbons (Fsp3) is 0.417. The first-order chi connectivity index (χ1) is 8.42.